The fraction of sp³-hybridized carbons (Fsp3) is 0.0556. The van der Waals surface area contributed by atoms with Gasteiger partial charge in [0, 0.05) is 23.9 Å². The summed E-state index contributed by atoms with van der Waals surface area (Å²) in [6, 6.07) is 11.5. The third-order valence-electron chi connectivity index (χ3n) is 3.34. The Bertz CT molecular complexity index is 1010. The molecule has 0 aliphatic carbocycles. The molecular weight excluding hydrogens is 336 g/mol. The second kappa shape index (κ2) is 7.39. The van der Waals surface area contributed by atoms with E-state index in [0.717, 1.165) is 5.69 Å². The Kier molecular flexibility index (Phi) is 4.84. The van der Waals surface area contributed by atoms with E-state index < -0.39 is 4.92 Å². The summed E-state index contributed by atoms with van der Waals surface area (Å²) in [7, 11) is 0. The maximum Gasteiger partial charge on any atom is 0.312 e. The molecule has 130 valence electrons. The van der Waals surface area contributed by atoms with Gasteiger partial charge in [-0.2, -0.15) is 0 Å². The van der Waals surface area contributed by atoms with E-state index in [2.05, 4.69) is 15.0 Å². The van der Waals surface area contributed by atoms with Gasteiger partial charge >= 0.3 is 5.95 Å². The summed E-state index contributed by atoms with van der Waals surface area (Å²) in [5, 5.41) is 20.6. The van der Waals surface area contributed by atoms with Crippen molar-refractivity contribution in [1.29, 1.82) is 0 Å². The lowest BCUT2D eigenvalue weighted by molar-refractivity contribution is -0.384. The van der Waals surface area contributed by atoms with Crippen molar-refractivity contribution in [2.45, 2.75) is 6.92 Å². The van der Waals surface area contributed by atoms with Crippen LogP contribution in [0.2, 0.25) is 0 Å². The number of hydrogen-bond donors (Lipinski definition) is 1. The number of nitrogens with zero attached hydrogens (tertiary/aromatic N) is 4. The molecule has 0 saturated heterocycles. The molecule has 0 bridgehead atoms. The summed E-state index contributed by atoms with van der Waals surface area (Å²) < 4.78 is 5.14. The Hall–Kier alpha value is -3.81. The number of aliphatic imine (C=N–C) groups is 1. The molecular formula is C18H14N4O4. The van der Waals surface area contributed by atoms with Gasteiger partial charge in [0.05, 0.1) is 11.1 Å². The van der Waals surface area contributed by atoms with Gasteiger partial charge in [-0.15, -0.1) is 0 Å². The first kappa shape index (κ1) is 17.0. The number of nitro groups is 1. The van der Waals surface area contributed by atoms with Gasteiger partial charge in [0.1, 0.15) is 0 Å². The number of hydrogen-bond acceptors (Lipinski definition) is 7. The van der Waals surface area contributed by atoms with Crippen molar-refractivity contribution in [2.75, 3.05) is 0 Å². The standard InChI is InChI=1S/C18H14N4O4/c1-12-4-2-7-16(20-12)19-11-15-18(23)26-17(21-15)9-8-13-5-3-6-14(10-13)22(24)25/h2-11,23H,1H3/b9-8+,19-11?. The van der Waals surface area contributed by atoms with Gasteiger partial charge in [-0.1, -0.05) is 18.2 Å². The van der Waals surface area contributed by atoms with Crippen LogP contribution in [0.25, 0.3) is 12.2 Å². The van der Waals surface area contributed by atoms with Crippen LogP contribution in [-0.4, -0.2) is 26.2 Å². The molecule has 3 aromatic rings. The molecule has 1 N–H and O–H groups in total. The van der Waals surface area contributed by atoms with Crippen molar-refractivity contribution >= 4 is 29.9 Å². The van der Waals surface area contributed by atoms with Crippen molar-refractivity contribution in [3.05, 3.63) is 75.4 Å². The molecule has 1 aromatic carbocycles. The van der Waals surface area contributed by atoms with Gasteiger partial charge < -0.3 is 9.52 Å². The largest absolute Gasteiger partial charge is 0.479 e. The van der Waals surface area contributed by atoms with E-state index in [9.17, 15) is 15.2 Å². The molecule has 0 spiro atoms. The number of non-ortho nitro benzene ring substituents is 1. The molecule has 0 aliphatic rings. The minimum atomic E-state index is -0.470. The number of benzene rings is 1. The molecule has 8 nitrogen and oxygen atoms in total. The smallest absolute Gasteiger partial charge is 0.312 e. The van der Waals surface area contributed by atoms with Crippen LogP contribution >= 0.6 is 0 Å². The Balaban J connectivity index is 1.77. The molecule has 26 heavy (non-hydrogen) atoms. The Labute approximate surface area is 148 Å². The predicted molar refractivity (Wildman–Crippen MR) is 96.4 cm³/mol. The van der Waals surface area contributed by atoms with Crippen molar-refractivity contribution in [2.24, 2.45) is 4.99 Å². The van der Waals surface area contributed by atoms with E-state index in [1.165, 1.54) is 24.4 Å². The van der Waals surface area contributed by atoms with Crippen LogP contribution in [0.4, 0.5) is 11.5 Å². The highest BCUT2D eigenvalue weighted by atomic mass is 16.6. The zero-order chi connectivity index (χ0) is 18.5. The molecule has 0 atom stereocenters. The number of rotatable bonds is 5. The number of oxazole rings is 1. The van der Waals surface area contributed by atoms with Gasteiger partial charge in [0.2, 0.25) is 5.89 Å². The minimum absolute atomic E-state index is 0.0131. The van der Waals surface area contributed by atoms with Gasteiger partial charge in [0.15, 0.2) is 11.5 Å². The molecule has 8 heteroatoms. The summed E-state index contributed by atoms with van der Waals surface area (Å²) in [5.74, 6) is 0.258. The third-order valence-corrected chi connectivity index (χ3v) is 3.34. The summed E-state index contributed by atoms with van der Waals surface area (Å²) in [6.07, 6.45) is 4.45. The molecule has 3 rings (SSSR count). The Morgan fingerprint density at radius 2 is 2.00 bits per heavy atom. The minimum Gasteiger partial charge on any atom is -0.479 e. The lowest BCUT2D eigenvalue weighted by Crippen LogP contribution is -1.87. The second-order valence-electron chi connectivity index (χ2n) is 5.32. The molecule has 0 saturated carbocycles. The zero-order valence-electron chi connectivity index (χ0n) is 13.7. The number of pyridine rings is 1. The lowest BCUT2D eigenvalue weighted by Gasteiger charge is -1.93. The van der Waals surface area contributed by atoms with Crippen LogP contribution in [0, 0.1) is 17.0 Å². The van der Waals surface area contributed by atoms with Crippen LogP contribution in [0.1, 0.15) is 22.8 Å². The molecule has 0 fully saturated rings. The second-order valence-corrected chi connectivity index (χ2v) is 5.32. The molecule has 0 unspecified atom stereocenters. The Morgan fingerprint density at radius 1 is 1.19 bits per heavy atom. The Morgan fingerprint density at radius 3 is 2.77 bits per heavy atom. The van der Waals surface area contributed by atoms with E-state index in [0.29, 0.717) is 11.4 Å². The first-order chi connectivity index (χ1) is 12.5. The average molecular weight is 350 g/mol. The van der Waals surface area contributed by atoms with Crippen LogP contribution in [0.3, 0.4) is 0 Å². The van der Waals surface area contributed by atoms with Crippen LogP contribution < -0.4 is 0 Å². The molecule has 0 amide bonds. The molecule has 0 radical (unpaired) electrons. The normalized spacial score (nSPS) is 11.4. The maximum absolute atomic E-state index is 10.8. The zero-order valence-corrected chi connectivity index (χ0v) is 13.7. The van der Waals surface area contributed by atoms with E-state index in [1.807, 2.05) is 19.1 Å². The lowest BCUT2D eigenvalue weighted by atomic mass is 10.2. The van der Waals surface area contributed by atoms with Gasteiger partial charge in [-0.25, -0.2) is 15.0 Å². The quantitative estimate of drug-likeness (QED) is 0.424. The molecule has 2 aromatic heterocycles. The van der Waals surface area contributed by atoms with Gasteiger partial charge in [0.25, 0.3) is 5.69 Å². The first-order valence-corrected chi connectivity index (χ1v) is 7.61. The molecule has 2 heterocycles. The number of aromatic hydroxyl groups is 1. The monoisotopic (exact) mass is 350 g/mol. The predicted octanol–water partition coefficient (Wildman–Crippen LogP) is 3.91. The fourth-order valence-electron chi connectivity index (χ4n) is 2.13. The number of aromatic nitrogens is 2. The highest BCUT2D eigenvalue weighted by Crippen LogP contribution is 2.20. The van der Waals surface area contributed by atoms with Crippen molar-refractivity contribution in [1.82, 2.24) is 9.97 Å². The van der Waals surface area contributed by atoms with Crippen LogP contribution in [-0.2, 0) is 0 Å². The highest BCUT2D eigenvalue weighted by Gasteiger charge is 2.09. The van der Waals surface area contributed by atoms with Crippen LogP contribution in [0.15, 0.2) is 51.9 Å². The number of nitro benzene ring substituents is 1. The fourth-order valence-corrected chi connectivity index (χ4v) is 2.13. The summed E-state index contributed by atoms with van der Waals surface area (Å²) in [5.41, 5.74) is 1.58. The maximum atomic E-state index is 10.8. The first-order valence-electron chi connectivity index (χ1n) is 7.61. The third kappa shape index (κ3) is 4.18. The van der Waals surface area contributed by atoms with Crippen LogP contribution in [0.5, 0.6) is 5.95 Å². The van der Waals surface area contributed by atoms with Gasteiger partial charge in [-0.3, -0.25) is 10.1 Å². The summed E-state index contributed by atoms with van der Waals surface area (Å²) >= 11 is 0. The van der Waals surface area contributed by atoms with E-state index in [-0.39, 0.29) is 23.2 Å². The van der Waals surface area contributed by atoms with Crippen molar-refractivity contribution < 1.29 is 14.4 Å². The summed E-state index contributed by atoms with van der Waals surface area (Å²) in [6.45, 7) is 1.85. The SMILES string of the molecule is Cc1cccc(N=Cc2nc(/C=C/c3cccc([N+](=O)[O-])c3)oc2O)n1. The van der Waals surface area contributed by atoms with E-state index >= 15 is 0 Å². The highest BCUT2D eigenvalue weighted by molar-refractivity contribution is 5.82. The number of aryl methyl sites for hydroxylation is 1. The van der Waals surface area contributed by atoms with Crippen molar-refractivity contribution in [3.8, 4) is 5.95 Å². The summed E-state index contributed by atoms with van der Waals surface area (Å²) in [4.78, 5) is 22.8. The van der Waals surface area contributed by atoms with Gasteiger partial charge in [-0.05, 0) is 30.7 Å². The topological polar surface area (TPSA) is 115 Å². The van der Waals surface area contributed by atoms with Crippen molar-refractivity contribution in [3.63, 3.8) is 0 Å². The molecule has 0 aliphatic heterocycles. The van der Waals surface area contributed by atoms with E-state index in [4.69, 9.17) is 4.42 Å². The average Bonchev–Trinajstić information content (AvgIpc) is 2.98. The van der Waals surface area contributed by atoms with E-state index in [1.54, 1.807) is 24.3 Å².